The summed E-state index contributed by atoms with van der Waals surface area (Å²) in [6.45, 7) is 3.57. The Balaban J connectivity index is 1.61. The van der Waals surface area contributed by atoms with Gasteiger partial charge in [0.2, 0.25) is 10.0 Å². The van der Waals surface area contributed by atoms with Crippen molar-refractivity contribution < 1.29 is 18.3 Å². The van der Waals surface area contributed by atoms with Crippen LogP contribution in [0.25, 0.3) is 10.2 Å². The van der Waals surface area contributed by atoms with Crippen molar-refractivity contribution in [2.24, 2.45) is 0 Å². The van der Waals surface area contributed by atoms with Gasteiger partial charge in [-0.1, -0.05) is 41.9 Å². The lowest BCUT2D eigenvalue weighted by molar-refractivity contribution is 0.323. The quantitative estimate of drug-likeness (QED) is 0.393. The van der Waals surface area contributed by atoms with Crippen molar-refractivity contribution in [2.45, 2.75) is 6.42 Å². The molecule has 29 heavy (non-hydrogen) atoms. The van der Waals surface area contributed by atoms with Crippen molar-refractivity contribution in [3.05, 3.63) is 59.5 Å². The minimum Gasteiger partial charge on any atom is -0.506 e. The number of anilines is 1. The number of ether oxygens (including phenoxy) is 1. The number of sulfonamides is 1. The van der Waals surface area contributed by atoms with Gasteiger partial charge >= 0.3 is 0 Å². The van der Waals surface area contributed by atoms with Crippen molar-refractivity contribution in [3.63, 3.8) is 0 Å². The molecule has 1 heterocycles. The number of aromatic hydroxyl groups is 1. The van der Waals surface area contributed by atoms with E-state index in [1.54, 1.807) is 12.1 Å². The van der Waals surface area contributed by atoms with Crippen LogP contribution in [0.1, 0.15) is 11.1 Å². The molecule has 3 aromatic rings. The Morgan fingerprint density at radius 3 is 2.97 bits per heavy atom. The molecule has 9 heteroatoms. The van der Waals surface area contributed by atoms with Crippen LogP contribution in [0.3, 0.4) is 0 Å². The molecular weight excluding hydrogens is 410 g/mol. The number of nitrogen functional groups attached to an aromatic ring is 1. The second kappa shape index (κ2) is 8.96. The fourth-order valence-electron chi connectivity index (χ4n) is 2.51. The topological polar surface area (TPSA) is 115 Å². The van der Waals surface area contributed by atoms with Crippen LogP contribution in [-0.4, -0.2) is 31.7 Å². The minimum atomic E-state index is -3.45. The molecule has 0 aliphatic heterocycles. The SMILES string of the molecule is C=CS(=O)(=O)NCCOc1cccc(CC#Cc2cc(O)c3nc(N)sc3c2)c1. The average molecular weight is 430 g/mol. The Morgan fingerprint density at radius 1 is 1.34 bits per heavy atom. The maximum absolute atomic E-state index is 11.3. The first kappa shape index (κ1) is 20.7. The van der Waals surface area contributed by atoms with Crippen molar-refractivity contribution in [1.29, 1.82) is 0 Å². The van der Waals surface area contributed by atoms with Crippen LogP contribution >= 0.6 is 11.3 Å². The van der Waals surface area contributed by atoms with Gasteiger partial charge in [-0.25, -0.2) is 18.1 Å². The number of thiazole rings is 1. The van der Waals surface area contributed by atoms with Gasteiger partial charge in [-0.3, -0.25) is 0 Å². The molecule has 2 aromatic carbocycles. The predicted octanol–water partition coefficient (Wildman–Crippen LogP) is 2.62. The number of aromatic nitrogens is 1. The van der Waals surface area contributed by atoms with Gasteiger partial charge in [0.15, 0.2) is 5.13 Å². The van der Waals surface area contributed by atoms with Crippen molar-refractivity contribution in [1.82, 2.24) is 9.71 Å². The van der Waals surface area contributed by atoms with Gasteiger partial charge in [0.1, 0.15) is 23.6 Å². The summed E-state index contributed by atoms with van der Waals surface area (Å²) < 4.78 is 31.2. The molecular formula is C20H19N3O4S2. The van der Waals surface area contributed by atoms with Gasteiger partial charge in [0.05, 0.1) is 4.70 Å². The number of phenols is 1. The normalized spacial score (nSPS) is 11.0. The van der Waals surface area contributed by atoms with Crippen molar-refractivity contribution in [3.8, 4) is 23.3 Å². The molecule has 0 saturated carbocycles. The molecule has 0 unspecified atom stereocenters. The number of hydrogen-bond acceptors (Lipinski definition) is 7. The fraction of sp³-hybridized carbons (Fsp3) is 0.150. The summed E-state index contributed by atoms with van der Waals surface area (Å²) in [5.74, 6) is 6.79. The van der Waals surface area contributed by atoms with E-state index in [-0.39, 0.29) is 18.9 Å². The van der Waals surface area contributed by atoms with Crippen LogP contribution in [0.5, 0.6) is 11.5 Å². The van der Waals surface area contributed by atoms with Crippen molar-refractivity contribution >= 4 is 36.7 Å². The Kier molecular flexibility index (Phi) is 6.39. The third kappa shape index (κ3) is 5.71. The summed E-state index contributed by atoms with van der Waals surface area (Å²) >= 11 is 1.30. The predicted molar refractivity (Wildman–Crippen MR) is 115 cm³/mol. The van der Waals surface area contributed by atoms with E-state index in [1.165, 1.54) is 11.3 Å². The summed E-state index contributed by atoms with van der Waals surface area (Å²) in [6, 6.07) is 10.8. The summed E-state index contributed by atoms with van der Waals surface area (Å²) in [4.78, 5) is 4.08. The monoisotopic (exact) mass is 429 g/mol. The zero-order chi connectivity index (χ0) is 20.9. The van der Waals surface area contributed by atoms with Crippen LogP contribution in [-0.2, 0) is 16.4 Å². The number of nitrogens with zero attached hydrogens (tertiary/aromatic N) is 1. The molecule has 4 N–H and O–H groups in total. The number of phenolic OH excluding ortho intramolecular Hbond substituents is 1. The van der Waals surface area contributed by atoms with Gasteiger partial charge in [0.25, 0.3) is 0 Å². The number of benzene rings is 2. The van der Waals surface area contributed by atoms with Gasteiger partial charge in [-0.05, 0) is 29.8 Å². The smallest absolute Gasteiger partial charge is 0.233 e. The summed E-state index contributed by atoms with van der Waals surface area (Å²) in [5, 5.41) is 11.3. The largest absolute Gasteiger partial charge is 0.506 e. The van der Waals surface area contributed by atoms with Gasteiger partial charge in [-0.2, -0.15) is 0 Å². The van der Waals surface area contributed by atoms with E-state index in [0.717, 1.165) is 15.7 Å². The Labute approximate surface area is 172 Å². The summed E-state index contributed by atoms with van der Waals surface area (Å²) in [6.07, 6.45) is 0.490. The lowest BCUT2D eigenvalue weighted by atomic mass is 10.1. The van der Waals surface area contributed by atoms with Gasteiger partial charge in [-0.15, -0.1) is 0 Å². The summed E-state index contributed by atoms with van der Waals surface area (Å²) in [7, 11) is -3.45. The molecule has 0 bridgehead atoms. The summed E-state index contributed by atoms with van der Waals surface area (Å²) in [5.41, 5.74) is 7.80. The highest BCUT2D eigenvalue weighted by Crippen LogP contribution is 2.31. The molecule has 3 rings (SSSR count). The van der Waals surface area contributed by atoms with Gasteiger partial charge in [0, 0.05) is 23.9 Å². The van der Waals surface area contributed by atoms with E-state index in [9.17, 15) is 13.5 Å². The van der Waals surface area contributed by atoms with E-state index >= 15 is 0 Å². The molecule has 0 saturated heterocycles. The van der Waals surface area contributed by atoms with Crippen LogP contribution in [0, 0.1) is 11.8 Å². The molecule has 0 aliphatic rings. The second-order valence-electron chi connectivity index (χ2n) is 5.97. The van der Waals surface area contributed by atoms with Gasteiger partial charge < -0.3 is 15.6 Å². The average Bonchev–Trinajstić information content (AvgIpc) is 3.07. The minimum absolute atomic E-state index is 0.0576. The first-order chi connectivity index (χ1) is 13.9. The van der Waals surface area contributed by atoms with Crippen molar-refractivity contribution in [2.75, 3.05) is 18.9 Å². The highest BCUT2D eigenvalue weighted by Gasteiger charge is 2.07. The molecule has 0 radical (unpaired) electrons. The molecule has 0 amide bonds. The van der Waals surface area contributed by atoms with Crippen LogP contribution < -0.4 is 15.2 Å². The third-order valence-corrected chi connectivity index (χ3v) is 5.69. The third-order valence-electron chi connectivity index (χ3n) is 3.81. The number of nitrogens with one attached hydrogen (secondary N) is 1. The van der Waals surface area contributed by atoms with E-state index in [4.69, 9.17) is 10.5 Å². The van der Waals surface area contributed by atoms with E-state index < -0.39 is 10.0 Å². The molecule has 0 fully saturated rings. The Hall–Kier alpha value is -3.06. The molecule has 0 atom stereocenters. The zero-order valence-electron chi connectivity index (χ0n) is 15.4. The highest BCUT2D eigenvalue weighted by atomic mass is 32.2. The highest BCUT2D eigenvalue weighted by molar-refractivity contribution is 7.92. The number of hydrogen-bond donors (Lipinski definition) is 3. The lowest BCUT2D eigenvalue weighted by Gasteiger charge is -2.07. The Morgan fingerprint density at radius 2 is 2.17 bits per heavy atom. The van der Waals surface area contributed by atoms with E-state index in [1.807, 2.05) is 24.3 Å². The van der Waals surface area contributed by atoms with Crippen LogP contribution in [0.2, 0.25) is 0 Å². The first-order valence-corrected chi connectivity index (χ1v) is 10.9. The number of fused-ring (bicyclic) bond motifs is 1. The standard InChI is InChI=1S/C20H19N3O4S2/c1-2-29(25,26)22-9-10-27-16-8-4-6-14(11-16)5-3-7-15-12-17(24)19-18(13-15)28-20(21)23-19/h2,4,6,8,11-13,22,24H,1,5,9-10H2,(H2,21,23). The zero-order valence-corrected chi connectivity index (χ0v) is 17.0. The second-order valence-corrected chi connectivity index (χ2v) is 8.75. The fourth-order valence-corrected chi connectivity index (χ4v) is 3.79. The van der Waals surface area contributed by atoms with Crippen LogP contribution in [0.15, 0.2) is 48.4 Å². The maximum atomic E-state index is 11.3. The van der Waals surface area contributed by atoms with E-state index in [2.05, 4.69) is 28.1 Å². The number of nitrogens with two attached hydrogens (primary N) is 1. The maximum Gasteiger partial charge on any atom is 0.233 e. The Bertz CT molecular complexity index is 1210. The first-order valence-electron chi connectivity index (χ1n) is 8.58. The van der Waals surface area contributed by atoms with Crippen LogP contribution in [0.4, 0.5) is 5.13 Å². The molecule has 7 nitrogen and oxygen atoms in total. The molecule has 0 aliphatic carbocycles. The molecule has 0 spiro atoms. The number of rotatable bonds is 7. The molecule has 150 valence electrons. The molecule has 1 aromatic heterocycles. The van der Waals surface area contributed by atoms with E-state index in [0.29, 0.717) is 28.4 Å². The lowest BCUT2D eigenvalue weighted by Crippen LogP contribution is -2.26.